The molecule has 0 radical (unpaired) electrons. The topological polar surface area (TPSA) is 45.2 Å². The minimum absolute atomic E-state index is 0.229. The van der Waals surface area contributed by atoms with Gasteiger partial charge in [0.05, 0.1) is 0 Å². The molecule has 1 aromatic rings. The summed E-state index contributed by atoms with van der Waals surface area (Å²) in [5, 5.41) is 10.1. The van der Waals surface area contributed by atoms with E-state index in [4.69, 9.17) is 9.47 Å². The second-order valence-electron chi connectivity index (χ2n) is 5.51. The second kappa shape index (κ2) is 6.33. The summed E-state index contributed by atoms with van der Waals surface area (Å²) in [7, 11) is 4.14. The SMILES string of the molecule is CCN(Cc1cc2c(cc1O)OCO2)C(C)CN(C)C. The fourth-order valence-electron chi connectivity index (χ4n) is 2.54. The molecule has 5 nitrogen and oxygen atoms in total. The van der Waals surface area contributed by atoms with Crippen molar-refractivity contribution in [2.75, 3.05) is 34.0 Å². The van der Waals surface area contributed by atoms with Gasteiger partial charge in [-0.05, 0) is 33.6 Å². The van der Waals surface area contributed by atoms with Crippen LogP contribution in [-0.4, -0.2) is 54.9 Å². The lowest BCUT2D eigenvalue weighted by molar-refractivity contribution is 0.171. The third-order valence-corrected chi connectivity index (χ3v) is 3.61. The molecule has 1 aliphatic rings. The lowest BCUT2D eigenvalue weighted by atomic mass is 10.1. The van der Waals surface area contributed by atoms with E-state index in [0.717, 1.165) is 18.7 Å². The molecule has 0 fully saturated rings. The first-order chi connectivity index (χ1) is 9.51. The average Bonchev–Trinajstić information content (AvgIpc) is 2.81. The third kappa shape index (κ3) is 3.35. The highest BCUT2D eigenvalue weighted by Gasteiger charge is 2.20. The first kappa shape index (κ1) is 14.9. The number of hydrogen-bond donors (Lipinski definition) is 1. The zero-order valence-electron chi connectivity index (χ0n) is 12.7. The molecule has 0 saturated heterocycles. The monoisotopic (exact) mass is 280 g/mol. The van der Waals surface area contributed by atoms with Crippen LogP contribution in [0.25, 0.3) is 0 Å². The fraction of sp³-hybridized carbons (Fsp3) is 0.600. The molecule has 0 amide bonds. The number of rotatable bonds is 6. The van der Waals surface area contributed by atoms with E-state index in [9.17, 15) is 5.11 Å². The van der Waals surface area contributed by atoms with Gasteiger partial charge in [-0.1, -0.05) is 6.92 Å². The van der Waals surface area contributed by atoms with Crippen molar-refractivity contribution in [1.82, 2.24) is 9.80 Å². The lowest BCUT2D eigenvalue weighted by Gasteiger charge is -2.30. The van der Waals surface area contributed by atoms with Gasteiger partial charge in [-0.3, -0.25) is 4.90 Å². The van der Waals surface area contributed by atoms with Crippen LogP contribution in [-0.2, 0) is 6.54 Å². The van der Waals surface area contributed by atoms with Crippen LogP contribution >= 0.6 is 0 Å². The van der Waals surface area contributed by atoms with Gasteiger partial charge in [0.15, 0.2) is 11.5 Å². The fourth-order valence-corrected chi connectivity index (χ4v) is 2.54. The predicted molar refractivity (Wildman–Crippen MR) is 78.3 cm³/mol. The maximum Gasteiger partial charge on any atom is 0.231 e. The maximum atomic E-state index is 10.1. The number of phenols is 1. The number of phenolic OH excluding ortho intramolecular Hbond substituents is 1. The van der Waals surface area contributed by atoms with Crippen molar-refractivity contribution in [3.8, 4) is 17.2 Å². The van der Waals surface area contributed by atoms with Crippen LogP contribution in [0.15, 0.2) is 12.1 Å². The summed E-state index contributed by atoms with van der Waals surface area (Å²) in [4.78, 5) is 4.50. The Balaban J connectivity index is 2.11. The van der Waals surface area contributed by atoms with Gasteiger partial charge in [-0.25, -0.2) is 0 Å². The van der Waals surface area contributed by atoms with Gasteiger partial charge in [0, 0.05) is 30.8 Å². The summed E-state index contributed by atoms with van der Waals surface area (Å²) in [5.41, 5.74) is 0.877. The van der Waals surface area contributed by atoms with Crippen molar-refractivity contribution in [3.05, 3.63) is 17.7 Å². The van der Waals surface area contributed by atoms with Crippen LogP contribution in [0.1, 0.15) is 19.4 Å². The Morgan fingerprint density at radius 3 is 2.50 bits per heavy atom. The average molecular weight is 280 g/mol. The lowest BCUT2D eigenvalue weighted by Crippen LogP contribution is -2.39. The summed E-state index contributed by atoms with van der Waals surface area (Å²) in [5.74, 6) is 1.61. The summed E-state index contributed by atoms with van der Waals surface area (Å²) < 4.78 is 10.6. The Morgan fingerprint density at radius 1 is 1.25 bits per heavy atom. The summed E-state index contributed by atoms with van der Waals surface area (Å²) in [6, 6.07) is 3.94. The van der Waals surface area contributed by atoms with Crippen LogP contribution in [0, 0.1) is 0 Å². The van der Waals surface area contributed by atoms with Crippen LogP contribution < -0.4 is 9.47 Å². The molecule has 1 aliphatic heterocycles. The highest BCUT2D eigenvalue weighted by molar-refractivity contribution is 5.51. The van der Waals surface area contributed by atoms with E-state index in [1.54, 1.807) is 6.07 Å². The van der Waals surface area contributed by atoms with Crippen LogP contribution in [0.3, 0.4) is 0 Å². The van der Waals surface area contributed by atoms with Crippen molar-refractivity contribution in [3.63, 3.8) is 0 Å². The van der Waals surface area contributed by atoms with Gasteiger partial charge >= 0.3 is 0 Å². The number of hydrogen-bond acceptors (Lipinski definition) is 5. The minimum atomic E-state index is 0.229. The second-order valence-corrected chi connectivity index (χ2v) is 5.51. The van der Waals surface area contributed by atoms with E-state index < -0.39 is 0 Å². The van der Waals surface area contributed by atoms with E-state index >= 15 is 0 Å². The molecule has 1 aromatic carbocycles. The smallest absolute Gasteiger partial charge is 0.231 e. The van der Waals surface area contributed by atoms with E-state index in [0.29, 0.717) is 24.1 Å². The molecule has 0 spiro atoms. The standard InChI is InChI=1S/C15H24N2O3/c1-5-17(11(2)8-16(3)4)9-12-6-14-15(7-13(12)18)20-10-19-14/h6-7,11,18H,5,8-10H2,1-4H3. The Kier molecular flexibility index (Phi) is 4.73. The molecule has 1 atom stereocenters. The van der Waals surface area contributed by atoms with Gasteiger partial charge in [-0.15, -0.1) is 0 Å². The van der Waals surface area contributed by atoms with Gasteiger partial charge in [0.25, 0.3) is 0 Å². The molecule has 1 heterocycles. The Morgan fingerprint density at radius 2 is 1.90 bits per heavy atom. The molecule has 5 heteroatoms. The molecule has 20 heavy (non-hydrogen) atoms. The van der Waals surface area contributed by atoms with E-state index in [1.165, 1.54) is 0 Å². The third-order valence-electron chi connectivity index (χ3n) is 3.61. The molecule has 1 N–H and O–H groups in total. The predicted octanol–water partition coefficient (Wildman–Crippen LogP) is 1.89. The Bertz CT molecular complexity index is 463. The molecular weight excluding hydrogens is 256 g/mol. The largest absolute Gasteiger partial charge is 0.507 e. The van der Waals surface area contributed by atoms with Crippen molar-refractivity contribution in [2.24, 2.45) is 0 Å². The van der Waals surface area contributed by atoms with Gasteiger partial charge < -0.3 is 19.5 Å². The Hall–Kier alpha value is -1.46. The van der Waals surface area contributed by atoms with E-state index in [-0.39, 0.29) is 12.5 Å². The van der Waals surface area contributed by atoms with Crippen LogP contribution in [0.2, 0.25) is 0 Å². The maximum absolute atomic E-state index is 10.1. The van der Waals surface area contributed by atoms with Crippen LogP contribution in [0.5, 0.6) is 17.2 Å². The zero-order chi connectivity index (χ0) is 14.7. The summed E-state index contributed by atoms with van der Waals surface area (Å²) in [6.45, 7) is 7.19. The molecule has 0 bridgehead atoms. The van der Waals surface area contributed by atoms with Crippen molar-refractivity contribution < 1.29 is 14.6 Å². The number of nitrogens with zero attached hydrogens (tertiary/aromatic N) is 2. The van der Waals surface area contributed by atoms with Crippen molar-refractivity contribution in [2.45, 2.75) is 26.4 Å². The van der Waals surface area contributed by atoms with E-state index in [1.807, 2.05) is 6.07 Å². The highest BCUT2D eigenvalue weighted by atomic mass is 16.7. The normalized spacial score (nSPS) is 15.1. The zero-order valence-corrected chi connectivity index (χ0v) is 12.7. The van der Waals surface area contributed by atoms with E-state index in [2.05, 4.69) is 37.7 Å². The molecule has 0 aromatic heterocycles. The van der Waals surface area contributed by atoms with Gasteiger partial charge in [0.1, 0.15) is 5.75 Å². The number of benzene rings is 1. The quantitative estimate of drug-likeness (QED) is 0.862. The summed E-state index contributed by atoms with van der Waals surface area (Å²) >= 11 is 0. The number of likely N-dealkylation sites (N-methyl/N-ethyl adjacent to an activating group) is 2. The van der Waals surface area contributed by atoms with Crippen molar-refractivity contribution >= 4 is 0 Å². The van der Waals surface area contributed by atoms with Crippen molar-refractivity contribution in [1.29, 1.82) is 0 Å². The first-order valence-corrected chi connectivity index (χ1v) is 7.01. The summed E-state index contributed by atoms with van der Waals surface area (Å²) in [6.07, 6.45) is 0. The molecule has 112 valence electrons. The number of fused-ring (bicyclic) bond motifs is 1. The number of aromatic hydroxyl groups is 1. The highest BCUT2D eigenvalue weighted by Crippen LogP contribution is 2.38. The Labute approximate surface area is 120 Å². The number of ether oxygens (including phenoxy) is 2. The van der Waals surface area contributed by atoms with Gasteiger partial charge in [0.2, 0.25) is 6.79 Å². The molecule has 2 rings (SSSR count). The minimum Gasteiger partial charge on any atom is -0.507 e. The molecular formula is C15H24N2O3. The van der Waals surface area contributed by atoms with Crippen LogP contribution in [0.4, 0.5) is 0 Å². The first-order valence-electron chi connectivity index (χ1n) is 7.01. The molecule has 0 aliphatic carbocycles. The molecule has 0 saturated carbocycles. The van der Waals surface area contributed by atoms with Gasteiger partial charge in [-0.2, -0.15) is 0 Å². The molecule has 1 unspecified atom stereocenters.